The van der Waals surface area contributed by atoms with Crippen molar-refractivity contribution in [3.8, 4) is 5.75 Å². The highest BCUT2D eigenvalue weighted by Gasteiger charge is 2.50. The predicted molar refractivity (Wildman–Crippen MR) is 106 cm³/mol. The molecule has 0 aromatic heterocycles. The molecule has 0 radical (unpaired) electrons. The maximum atomic E-state index is 10.4. The Morgan fingerprint density at radius 1 is 1.10 bits per heavy atom. The van der Waals surface area contributed by atoms with Crippen molar-refractivity contribution in [2.45, 2.75) is 75.4 Å². The minimum absolute atomic E-state index is 0.136. The molecule has 10 nitrogen and oxygen atoms in total. The Balaban J connectivity index is 1.69. The van der Waals surface area contributed by atoms with Gasteiger partial charge in [0.15, 0.2) is 6.29 Å². The summed E-state index contributed by atoms with van der Waals surface area (Å²) in [5.41, 5.74) is -0.0225. The summed E-state index contributed by atoms with van der Waals surface area (Å²) in [5, 5.41) is 60.3. The van der Waals surface area contributed by atoms with E-state index in [1.165, 1.54) is 0 Å². The Morgan fingerprint density at radius 3 is 2.42 bits per heavy atom. The molecular formula is C21H32O10. The maximum Gasteiger partial charge on any atom is 0.229 e. The van der Waals surface area contributed by atoms with E-state index < -0.39 is 55.3 Å². The molecule has 176 valence electrons. The van der Waals surface area contributed by atoms with Crippen LogP contribution < -0.4 is 4.74 Å². The van der Waals surface area contributed by atoms with Crippen LogP contribution in [-0.2, 0) is 14.2 Å². The van der Waals surface area contributed by atoms with Crippen molar-refractivity contribution < 1.29 is 49.6 Å². The predicted octanol–water partition coefficient (Wildman–Crippen LogP) is -1.24. The van der Waals surface area contributed by atoms with Gasteiger partial charge in [-0.25, -0.2) is 0 Å². The van der Waals surface area contributed by atoms with Crippen molar-refractivity contribution in [1.29, 1.82) is 0 Å². The van der Waals surface area contributed by atoms with Crippen LogP contribution in [0.15, 0.2) is 18.2 Å². The number of ether oxygens (including phenoxy) is 4. The summed E-state index contributed by atoms with van der Waals surface area (Å²) >= 11 is 0. The number of aryl methyl sites for hydroxylation is 1. The summed E-state index contributed by atoms with van der Waals surface area (Å²) in [6.45, 7) is 4.49. The zero-order valence-electron chi connectivity index (χ0n) is 17.8. The molecule has 0 unspecified atom stereocenters. The van der Waals surface area contributed by atoms with Crippen molar-refractivity contribution in [3.63, 3.8) is 0 Å². The second-order valence-corrected chi connectivity index (χ2v) is 8.55. The van der Waals surface area contributed by atoms with E-state index in [1.807, 2.05) is 32.9 Å². The Labute approximate surface area is 180 Å². The molecule has 2 saturated heterocycles. The van der Waals surface area contributed by atoms with Gasteiger partial charge in [0.2, 0.25) is 6.29 Å². The molecule has 0 spiro atoms. The molecule has 0 amide bonds. The fourth-order valence-corrected chi connectivity index (χ4v) is 3.62. The van der Waals surface area contributed by atoms with Crippen molar-refractivity contribution in [3.05, 3.63) is 29.3 Å². The Morgan fingerprint density at radius 2 is 1.81 bits per heavy atom. The fourth-order valence-electron chi connectivity index (χ4n) is 3.62. The lowest BCUT2D eigenvalue weighted by molar-refractivity contribution is -0.289. The van der Waals surface area contributed by atoms with Gasteiger partial charge in [-0.15, -0.1) is 0 Å². The molecule has 1 aromatic rings. The molecule has 0 aliphatic carbocycles. The average Bonchev–Trinajstić information content (AvgIpc) is 3.02. The molecular weight excluding hydrogens is 412 g/mol. The van der Waals surface area contributed by atoms with E-state index >= 15 is 0 Å². The first-order valence-electron chi connectivity index (χ1n) is 10.3. The summed E-state index contributed by atoms with van der Waals surface area (Å²) in [6.07, 6.45) is -9.75. The molecule has 0 saturated carbocycles. The third kappa shape index (κ3) is 5.03. The van der Waals surface area contributed by atoms with Crippen molar-refractivity contribution in [2.24, 2.45) is 0 Å². The van der Waals surface area contributed by atoms with Gasteiger partial charge in [0.25, 0.3) is 0 Å². The summed E-state index contributed by atoms with van der Waals surface area (Å²) in [4.78, 5) is 0. The van der Waals surface area contributed by atoms with E-state index in [2.05, 4.69) is 0 Å². The van der Waals surface area contributed by atoms with Gasteiger partial charge in [-0.05, 0) is 30.0 Å². The van der Waals surface area contributed by atoms with Crippen molar-refractivity contribution >= 4 is 0 Å². The van der Waals surface area contributed by atoms with Crippen LogP contribution in [-0.4, -0.2) is 99.2 Å². The minimum Gasteiger partial charge on any atom is -0.462 e. The second-order valence-electron chi connectivity index (χ2n) is 8.55. The number of rotatable bonds is 7. The largest absolute Gasteiger partial charge is 0.462 e. The average molecular weight is 444 g/mol. The van der Waals surface area contributed by atoms with Crippen LogP contribution in [0.25, 0.3) is 0 Å². The van der Waals surface area contributed by atoms with Crippen LogP contribution in [0.4, 0.5) is 0 Å². The fraction of sp³-hybridized carbons (Fsp3) is 0.714. The highest BCUT2D eigenvalue weighted by atomic mass is 16.7. The van der Waals surface area contributed by atoms with Gasteiger partial charge in [0.1, 0.15) is 41.9 Å². The lowest BCUT2D eigenvalue weighted by Crippen LogP contribution is -2.60. The molecule has 1 aromatic carbocycles. The molecule has 0 bridgehead atoms. The van der Waals surface area contributed by atoms with E-state index in [0.29, 0.717) is 5.75 Å². The topological polar surface area (TPSA) is 158 Å². The van der Waals surface area contributed by atoms with E-state index in [0.717, 1.165) is 11.1 Å². The van der Waals surface area contributed by atoms with Gasteiger partial charge in [0, 0.05) is 0 Å². The summed E-state index contributed by atoms with van der Waals surface area (Å²) in [7, 11) is 0. The SMILES string of the molecule is Cc1ccc(C(C)C)c(O[C@H]2O[C@H](CO[C@H]3OC[C@@](O)(CO)[C@H]3O)[C@H](O)[C@H](O)[C@H]2O)c1. The Bertz CT molecular complexity index is 743. The molecule has 2 aliphatic heterocycles. The Hall–Kier alpha value is -1.34. The van der Waals surface area contributed by atoms with E-state index in [4.69, 9.17) is 18.9 Å². The number of benzene rings is 1. The molecule has 2 fully saturated rings. The van der Waals surface area contributed by atoms with Crippen LogP contribution in [0.2, 0.25) is 0 Å². The first kappa shape index (κ1) is 24.3. The highest BCUT2D eigenvalue weighted by Crippen LogP contribution is 2.32. The van der Waals surface area contributed by atoms with E-state index in [9.17, 15) is 30.6 Å². The number of aliphatic hydroxyl groups excluding tert-OH is 5. The third-order valence-corrected chi connectivity index (χ3v) is 5.71. The van der Waals surface area contributed by atoms with Gasteiger partial charge < -0.3 is 49.6 Å². The quantitative estimate of drug-likeness (QED) is 0.300. The smallest absolute Gasteiger partial charge is 0.229 e. The molecule has 3 rings (SSSR count). The van der Waals surface area contributed by atoms with Crippen LogP contribution in [0.1, 0.15) is 30.9 Å². The van der Waals surface area contributed by atoms with Gasteiger partial charge in [0.05, 0.1) is 19.8 Å². The van der Waals surface area contributed by atoms with Crippen LogP contribution in [0.3, 0.4) is 0 Å². The van der Waals surface area contributed by atoms with E-state index in [-0.39, 0.29) is 19.1 Å². The first-order chi connectivity index (χ1) is 14.6. The summed E-state index contributed by atoms with van der Waals surface area (Å²) < 4.78 is 22.1. The molecule has 8 atom stereocenters. The highest BCUT2D eigenvalue weighted by molar-refractivity contribution is 5.39. The van der Waals surface area contributed by atoms with Crippen LogP contribution >= 0.6 is 0 Å². The van der Waals surface area contributed by atoms with Gasteiger partial charge in [-0.1, -0.05) is 26.0 Å². The minimum atomic E-state index is -1.85. The van der Waals surface area contributed by atoms with Crippen molar-refractivity contribution in [2.75, 3.05) is 19.8 Å². The molecule has 31 heavy (non-hydrogen) atoms. The zero-order chi connectivity index (χ0) is 22.9. The van der Waals surface area contributed by atoms with Crippen LogP contribution in [0, 0.1) is 6.92 Å². The monoisotopic (exact) mass is 444 g/mol. The lowest BCUT2D eigenvalue weighted by Gasteiger charge is -2.40. The molecule has 6 N–H and O–H groups in total. The number of hydrogen-bond donors (Lipinski definition) is 6. The van der Waals surface area contributed by atoms with Gasteiger partial charge >= 0.3 is 0 Å². The van der Waals surface area contributed by atoms with Gasteiger partial charge in [-0.2, -0.15) is 0 Å². The second kappa shape index (κ2) is 9.65. The lowest BCUT2D eigenvalue weighted by atomic mass is 9.98. The van der Waals surface area contributed by atoms with Crippen molar-refractivity contribution in [1.82, 2.24) is 0 Å². The molecule has 10 heteroatoms. The first-order valence-corrected chi connectivity index (χ1v) is 10.3. The van der Waals surface area contributed by atoms with Gasteiger partial charge in [-0.3, -0.25) is 0 Å². The maximum absolute atomic E-state index is 10.4. The zero-order valence-corrected chi connectivity index (χ0v) is 17.8. The number of hydrogen-bond acceptors (Lipinski definition) is 10. The summed E-state index contributed by atoms with van der Waals surface area (Å²) in [5.74, 6) is 0.627. The third-order valence-electron chi connectivity index (χ3n) is 5.71. The van der Waals surface area contributed by atoms with E-state index in [1.54, 1.807) is 6.07 Å². The standard InChI is InChI=1S/C21H32O10/c1-10(2)12-5-4-11(3)6-13(12)30-19-17(25)16(24)15(23)14(31-19)7-28-20-18(26)21(27,8-22)9-29-20/h4-6,10,14-20,22-27H,7-9H2,1-3H3/t14-,15+,16+,17-,18+,19+,20+,21+/m1/s1. The number of aliphatic hydroxyl groups is 6. The summed E-state index contributed by atoms with van der Waals surface area (Å²) in [6, 6.07) is 5.65. The molecule has 2 heterocycles. The molecule has 2 aliphatic rings. The Kier molecular flexibility index (Phi) is 7.57. The van der Waals surface area contributed by atoms with Crippen LogP contribution in [0.5, 0.6) is 5.75 Å². The normalized spacial score (nSPS) is 38.6.